The van der Waals surface area contributed by atoms with Crippen LogP contribution in [0.5, 0.6) is 0 Å². The highest BCUT2D eigenvalue weighted by Gasteiger charge is 2.17. The van der Waals surface area contributed by atoms with Gasteiger partial charge in [-0.05, 0) is 11.8 Å². The van der Waals surface area contributed by atoms with Gasteiger partial charge in [0, 0.05) is 13.1 Å². The molecule has 0 saturated carbocycles. The molecule has 0 radical (unpaired) electrons. The Morgan fingerprint density at radius 2 is 1.53 bits per heavy atom. The normalized spacial score (nSPS) is 12.2. The Morgan fingerprint density at radius 3 is 1.80 bits per heavy atom. The Hall–Kier alpha value is -1.46. The molecule has 6 heteroatoms. The molecule has 15 heavy (non-hydrogen) atoms. The van der Waals surface area contributed by atoms with Crippen LogP contribution in [0.3, 0.4) is 0 Å². The van der Waals surface area contributed by atoms with Crippen molar-refractivity contribution < 1.29 is 19.8 Å². The molecule has 0 aliphatic carbocycles. The second-order valence-corrected chi connectivity index (χ2v) is 3.52. The summed E-state index contributed by atoms with van der Waals surface area (Å²) in [6.07, 6.45) is -1.29. The van der Waals surface area contributed by atoms with Gasteiger partial charge in [0.1, 0.15) is 0 Å². The van der Waals surface area contributed by atoms with E-state index in [1.54, 1.807) is 0 Å². The summed E-state index contributed by atoms with van der Waals surface area (Å²) >= 11 is 0. The van der Waals surface area contributed by atoms with E-state index in [-0.39, 0.29) is 24.9 Å². The fraction of sp³-hybridized carbons (Fsp3) is 0.778. The highest BCUT2D eigenvalue weighted by atomic mass is 16.4. The third kappa shape index (κ3) is 6.59. The lowest BCUT2D eigenvalue weighted by atomic mass is 9.91. The molecule has 0 aliphatic rings. The summed E-state index contributed by atoms with van der Waals surface area (Å²) in [7, 11) is 0. The number of hydrogen-bond acceptors (Lipinski definition) is 2. The first-order valence-electron chi connectivity index (χ1n) is 4.91. The first-order valence-corrected chi connectivity index (χ1v) is 4.91. The lowest BCUT2D eigenvalue weighted by Gasteiger charge is -2.22. The minimum atomic E-state index is -1.08. The summed E-state index contributed by atoms with van der Waals surface area (Å²) in [5, 5.41) is 21.4. The molecule has 0 bridgehead atoms. The summed E-state index contributed by atoms with van der Waals surface area (Å²) in [6.45, 7) is 4.49. The van der Waals surface area contributed by atoms with Crippen molar-refractivity contribution in [2.24, 2.45) is 11.8 Å². The maximum atomic E-state index is 10.3. The van der Waals surface area contributed by atoms with Crippen LogP contribution in [0.1, 0.15) is 20.3 Å². The molecule has 0 fully saturated rings. The van der Waals surface area contributed by atoms with Gasteiger partial charge in [-0.25, -0.2) is 9.59 Å². The average Bonchev–Trinajstić information content (AvgIpc) is 2.16. The smallest absolute Gasteiger partial charge is 0.404 e. The van der Waals surface area contributed by atoms with Crippen LogP contribution in [-0.2, 0) is 0 Å². The molecule has 0 aromatic rings. The van der Waals surface area contributed by atoms with Crippen molar-refractivity contribution in [2.45, 2.75) is 20.3 Å². The number of amides is 2. The Bertz CT molecular complexity index is 202. The molecule has 88 valence electrons. The van der Waals surface area contributed by atoms with Gasteiger partial charge in [-0.1, -0.05) is 20.3 Å². The van der Waals surface area contributed by atoms with E-state index in [0.29, 0.717) is 0 Å². The van der Waals surface area contributed by atoms with Gasteiger partial charge in [-0.3, -0.25) is 0 Å². The number of carboxylic acid groups (broad SMARTS) is 2. The molecule has 0 rings (SSSR count). The molecule has 0 aliphatic heterocycles. The monoisotopic (exact) mass is 218 g/mol. The Balaban J connectivity index is 4.05. The Morgan fingerprint density at radius 1 is 1.13 bits per heavy atom. The number of nitrogens with one attached hydrogen (secondary N) is 2. The quantitative estimate of drug-likeness (QED) is 0.538. The Labute approximate surface area is 88.7 Å². The van der Waals surface area contributed by atoms with E-state index in [9.17, 15) is 9.59 Å². The predicted molar refractivity (Wildman–Crippen MR) is 55.0 cm³/mol. The number of hydrogen-bond donors (Lipinski definition) is 4. The van der Waals surface area contributed by atoms with Crippen molar-refractivity contribution in [3.63, 3.8) is 0 Å². The first-order chi connectivity index (χ1) is 6.97. The summed E-state index contributed by atoms with van der Waals surface area (Å²) in [5.74, 6) is 0.255. The molecule has 0 aromatic carbocycles. The molecule has 0 aromatic heterocycles. The second-order valence-electron chi connectivity index (χ2n) is 3.52. The highest BCUT2D eigenvalue weighted by molar-refractivity contribution is 5.65. The van der Waals surface area contributed by atoms with Crippen molar-refractivity contribution in [2.75, 3.05) is 13.1 Å². The Kier molecular flexibility index (Phi) is 6.24. The fourth-order valence-electron chi connectivity index (χ4n) is 1.24. The van der Waals surface area contributed by atoms with E-state index in [0.717, 1.165) is 6.42 Å². The number of carbonyl (C=O) groups is 2. The molecule has 4 N–H and O–H groups in total. The van der Waals surface area contributed by atoms with Crippen LogP contribution in [-0.4, -0.2) is 35.5 Å². The summed E-state index contributed by atoms with van der Waals surface area (Å²) < 4.78 is 0. The molecule has 0 saturated heterocycles. The van der Waals surface area contributed by atoms with Crippen LogP contribution < -0.4 is 10.6 Å². The van der Waals surface area contributed by atoms with E-state index in [1.807, 2.05) is 13.8 Å². The molecule has 0 spiro atoms. The second kappa shape index (κ2) is 6.92. The SMILES string of the molecule is CCC(C)C(CNC(=O)O)CNC(=O)O. The molecule has 1 atom stereocenters. The zero-order chi connectivity index (χ0) is 11.8. The van der Waals surface area contributed by atoms with E-state index < -0.39 is 12.2 Å². The summed E-state index contributed by atoms with van der Waals surface area (Å²) in [4.78, 5) is 20.6. The van der Waals surface area contributed by atoms with Crippen molar-refractivity contribution in [1.29, 1.82) is 0 Å². The number of rotatable bonds is 6. The topological polar surface area (TPSA) is 98.7 Å². The molecular formula is C9H18N2O4. The largest absolute Gasteiger partial charge is 0.465 e. The van der Waals surface area contributed by atoms with E-state index in [1.165, 1.54) is 0 Å². The van der Waals surface area contributed by atoms with Gasteiger partial charge in [0.15, 0.2) is 0 Å². The van der Waals surface area contributed by atoms with Crippen molar-refractivity contribution >= 4 is 12.2 Å². The lowest BCUT2D eigenvalue weighted by molar-refractivity contribution is 0.184. The van der Waals surface area contributed by atoms with E-state index >= 15 is 0 Å². The lowest BCUT2D eigenvalue weighted by Crippen LogP contribution is -2.38. The molecule has 2 amide bonds. The molecule has 1 unspecified atom stereocenters. The zero-order valence-electron chi connectivity index (χ0n) is 8.99. The summed E-state index contributed by atoms with van der Waals surface area (Å²) in [5.41, 5.74) is 0. The van der Waals surface area contributed by atoms with Crippen molar-refractivity contribution in [1.82, 2.24) is 10.6 Å². The van der Waals surface area contributed by atoms with Crippen LogP contribution in [0.15, 0.2) is 0 Å². The van der Waals surface area contributed by atoms with Crippen LogP contribution >= 0.6 is 0 Å². The van der Waals surface area contributed by atoms with Gasteiger partial charge in [-0.2, -0.15) is 0 Å². The van der Waals surface area contributed by atoms with Crippen molar-refractivity contribution in [3.05, 3.63) is 0 Å². The minimum Gasteiger partial charge on any atom is -0.465 e. The van der Waals surface area contributed by atoms with Crippen molar-refractivity contribution in [3.8, 4) is 0 Å². The van der Waals surface area contributed by atoms with E-state index in [2.05, 4.69) is 10.6 Å². The standard InChI is InChI=1S/C9H18N2O4/c1-3-6(2)7(4-10-8(12)13)5-11-9(14)15/h6-7,10-11H,3-5H2,1-2H3,(H,12,13)(H,14,15). The van der Waals surface area contributed by atoms with Crippen LogP contribution in [0.4, 0.5) is 9.59 Å². The maximum Gasteiger partial charge on any atom is 0.404 e. The van der Waals surface area contributed by atoms with Gasteiger partial charge in [0.05, 0.1) is 0 Å². The van der Waals surface area contributed by atoms with Crippen LogP contribution in [0.25, 0.3) is 0 Å². The molecule has 0 heterocycles. The first kappa shape index (κ1) is 13.5. The van der Waals surface area contributed by atoms with Crippen LogP contribution in [0, 0.1) is 11.8 Å². The average molecular weight is 218 g/mol. The predicted octanol–water partition coefficient (Wildman–Crippen LogP) is 1.18. The third-order valence-corrected chi connectivity index (χ3v) is 2.48. The zero-order valence-corrected chi connectivity index (χ0v) is 8.99. The molecular weight excluding hydrogens is 200 g/mol. The van der Waals surface area contributed by atoms with Gasteiger partial charge in [0.2, 0.25) is 0 Å². The summed E-state index contributed by atoms with van der Waals surface area (Å²) in [6, 6.07) is 0. The fourth-order valence-corrected chi connectivity index (χ4v) is 1.24. The van der Waals surface area contributed by atoms with Gasteiger partial charge in [-0.15, -0.1) is 0 Å². The highest BCUT2D eigenvalue weighted by Crippen LogP contribution is 2.13. The third-order valence-electron chi connectivity index (χ3n) is 2.48. The van der Waals surface area contributed by atoms with E-state index in [4.69, 9.17) is 10.2 Å². The van der Waals surface area contributed by atoms with Gasteiger partial charge >= 0.3 is 12.2 Å². The van der Waals surface area contributed by atoms with Crippen LogP contribution in [0.2, 0.25) is 0 Å². The van der Waals surface area contributed by atoms with Gasteiger partial charge < -0.3 is 20.8 Å². The minimum absolute atomic E-state index is 0.0119. The molecule has 6 nitrogen and oxygen atoms in total. The van der Waals surface area contributed by atoms with Gasteiger partial charge in [0.25, 0.3) is 0 Å². The maximum absolute atomic E-state index is 10.3.